The zero-order valence-electron chi connectivity index (χ0n) is 23.5. The Hall–Kier alpha value is -1.64. The van der Waals surface area contributed by atoms with E-state index in [0.29, 0.717) is 11.2 Å². The van der Waals surface area contributed by atoms with E-state index >= 15 is 0 Å². The minimum absolute atomic E-state index is 0.0162. The number of nitrogens with zero attached hydrogens (tertiary/aromatic N) is 1. The number of rotatable bonds is 7. The maximum Gasteiger partial charge on any atom is 0.314 e. The van der Waals surface area contributed by atoms with Gasteiger partial charge in [0.25, 0.3) is 0 Å². The zero-order valence-corrected chi connectivity index (χ0v) is 23.5. The molecule has 8 unspecified atom stereocenters. The Bertz CT molecular complexity index is 954. The Morgan fingerprint density at radius 1 is 1.08 bits per heavy atom. The summed E-state index contributed by atoms with van der Waals surface area (Å²) >= 11 is 0. The summed E-state index contributed by atoms with van der Waals surface area (Å²) in [7, 11) is 0. The van der Waals surface area contributed by atoms with Crippen LogP contribution in [0.25, 0.3) is 0 Å². The largest absolute Gasteiger partial charge is 0.425 e. The van der Waals surface area contributed by atoms with Gasteiger partial charge >= 0.3 is 5.97 Å². The minimum atomic E-state index is -0.0746. The van der Waals surface area contributed by atoms with Gasteiger partial charge < -0.3 is 4.74 Å². The molecular formula is C33H49NO2. The molecule has 0 N–H and O–H groups in total. The number of pyridine rings is 1. The minimum Gasteiger partial charge on any atom is -0.425 e. The first-order chi connectivity index (χ1) is 17.2. The van der Waals surface area contributed by atoms with E-state index in [2.05, 4.69) is 45.7 Å². The van der Waals surface area contributed by atoms with E-state index in [0.717, 1.165) is 54.8 Å². The quantitative estimate of drug-likeness (QED) is 0.283. The van der Waals surface area contributed by atoms with Crippen molar-refractivity contribution in [3.05, 3.63) is 36.2 Å². The van der Waals surface area contributed by atoms with Crippen LogP contribution in [-0.2, 0) is 4.79 Å². The molecular weight excluding hydrogens is 442 g/mol. The summed E-state index contributed by atoms with van der Waals surface area (Å²) in [5, 5.41) is 0. The highest BCUT2D eigenvalue weighted by atomic mass is 16.5. The molecule has 4 aliphatic carbocycles. The number of fused-ring (bicyclic) bond motifs is 5. The molecule has 1 heterocycles. The highest BCUT2D eigenvalue weighted by molar-refractivity contribution is 5.75. The maximum absolute atomic E-state index is 13.0. The van der Waals surface area contributed by atoms with E-state index in [9.17, 15) is 4.79 Å². The average molecular weight is 492 g/mol. The van der Waals surface area contributed by atoms with Crippen molar-refractivity contribution >= 4 is 5.97 Å². The van der Waals surface area contributed by atoms with Crippen LogP contribution in [0.5, 0.6) is 5.75 Å². The number of hydrogen-bond donors (Lipinski definition) is 0. The lowest BCUT2D eigenvalue weighted by molar-refractivity contribution is -0.140. The lowest BCUT2D eigenvalue weighted by Gasteiger charge is -2.58. The van der Waals surface area contributed by atoms with Gasteiger partial charge in [-0.3, -0.25) is 9.78 Å². The molecule has 1 aromatic heterocycles. The molecule has 0 amide bonds. The Balaban J connectivity index is 1.26. The predicted octanol–water partition coefficient (Wildman–Crippen LogP) is 8.64. The topological polar surface area (TPSA) is 39.2 Å². The van der Waals surface area contributed by atoms with Gasteiger partial charge in [-0.25, -0.2) is 0 Å². The van der Waals surface area contributed by atoms with Gasteiger partial charge in [-0.2, -0.15) is 0 Å². The van der Waals surface area contributed by atoms with Crippen molar-refractivity contribution in [1.29, 1.82) is 0 Å². The van der Waals surface area contributed by atoms with Gasteiger partial charge in [-0.1, -0.05) is 65.5 Å². The Morgan fingerprint density at radius 3 is 2.67 bits per heavy atom. The first-order valence-corrected chi connectivity index (χ1v) is 15.0. The van der Waals surface area contributed by atoms with Crippen molar-refractivity contribution in [2.75, 3.05) is 0 Å². The molecule has 3 heteroatoms. The number of allylic oxidation sites excluding steroid dienone is 2. The monoisotopic (exact) mass is 491 g/mol. The van der Waals surface area contributed by atoms with E-state index in [1.165, 1.54) is 51.4 Å². The molecule has 3 nitrogen and oxygen atoms in total. The first-order valence-electron chi connectivity index (χ1n) is 15.0. The highest BCUT2D eigenvalue weighted by Crippen LogP contribution is 2.67. The summed E-state index contributed by atoms with van der Waals surface area (Å²) in [6.07, 6.45) is 20.0. The van der Waals surface area contributed by atoms with Crippen LogP contribution in [0.2, 0.25) is 0 Å². The number of carbonyl (C=O) groups excluding carboxylic acids is 1. The summed E-state index contributed by atoms with van der Waals surface area (Å²) in [5.74, 6) is 5.59. The van der Waals surface area contributed by atoms with Crippen molar-refractivity contribution < 1.29 is 9.53 Å². The van der Waals surface area contributed by atoms with Crippen LogP contribution in [-0.4, -0.2) is 11.0 Å². The standard InChI is InChI=1S/C33H49NO2/c1-22(2)8-6-9-23(3)28-13-14-29-27-12-11-25-20-24(31(35)36-26-10-7-19-34-21-26)15-17-32(25,4)30(27)16-18-33(28,29)5/h7,10-11,19,21-24,27-30H,6,8-9,12-18,20H2,1-5H3. The first kappa shape index (κ1) is 26.0. The van der Waals surface area contributed by atoms with E-state index in [1.54, 1.807) is 18.0 Å². The molecule has 0 bridgehead atoms. The molecule has 0 saturated heterocycles. The number of hydrogen-bond acceptors (Lipinski definition) is 3. The molecule has 3 saturated carbocycles. The zero-order chi connectivity index (χ0) is 25.5. The fraction of sp³-hybridized carbons (Fsp3) is 0.758. The summed E-state index contributed by atoms with van der Waals surface area (Å²) in [6, 6.07) is 3.64. The lowest BCUT2D eigenvalue weighted by Crippen LogP contribution is -2.50. The lowest BCUT2D eigenvalue weighted by atomic mass is 9.46. The van der Waals surface area contributed by atoms with Crippen LogP contribution < -0.4 is 4.74 Å². The predicted molar refractivity (Wildman–Crippen MR) is 146 cm³/mol. The van der Waals surface area contributed by atoms with Gasteiger partial charge in [0.15, 0.2) is 0 Å². The van der Waals surface area contributed by atoms with Crippen LogP contribution >= 0.6 is 0 Å². The molecule has 5 rings (SSSR count). The fourth-order valence-electron chi connectivity index (χ4n) is 9.49. The van der Waals surface area contributed by atoms with Crippen LogP contribution in [0.15, 0.2) is 36.2 Å². The Kier molecular flexibility index (Phi) is 7.40. The molecule has 0 aliphatic heterocycles. The molecule has 0 radical (unpaired) electrons. The molecule has 198 valence electrons. The van der Waals surface area contributed by atoms with Gasteiger partial charge in [0, 0.05) is 6.20 Å². The molecule has 3 fully saturated rings. The molecule has 1 aromatic rings. The summed E-state index contributed by atoms with van der Waals surface area (Å²) in [4.78, 5) is 17.0. The SMILES string of the molecule is CC(C)CCCC(C)C1CCC2C3CC=C4CC(C(=O)Oc5cccnc5)CCC4(C)C3CCC12C. The second-order valence-electron chi connectivity index (χ2n) is 13.8. The smallest absolute Gasteiger partial charge is 0.314 e. The van der Waals surface area contributed by atoms with Gasteiger partial charge in [-0.15, -0.1) is 0 Å². The second-order valence-corrected chi connectivity index (χ2v) is 13.8. The van der Waals surface area contributed by atoms with Crippen molar-refractivity contribution in [3.63, 3.8) is 0 Å². The fourth-order valence-corrected chi connectivity index (χ4v) is 9.49. The maximum atomic E-state index is 13.0. The summed E-state index contributed by atoms with van der Waals surface area (Å²) in [5.41, 5.74) is 2.37. The number of esters is 1. The van der Waals surface area contributed by atoms with E-state index in [1.807, 2.05) is 12.1 Å². The Labute approximate surface area is 219 Å². The third-order valence-electron chi connectivity index (χ3n) is 11.5. The van der Waals surface area contributed by atoms with Crippen LogP contribution in [0, 0.1) is 52.3 Å². The van der Waals surface area contributed by atoms with E-state index in [-0.39, 0.29) is 17.3 Å². The number of carbonyl (C=O) groups is 1. The van der Waals surface area contributed by atoms with Gasteiger partial charge in [0.1, 0.15) is 5.75 Å². The van der Waals surface area contributed by atoms with E-state index in [4.69, 9.17) is 4.74 Å². The normalized spacial score (nSPS) is 38.5. The summed E-state index contributed by atoms with van der Waals surface area (Å²) < 4.78 is 5.69. The Morgan fingerprint density at radius 2 is 1.92 bits per heavy atom. The van der Waals surface area contributed by atoms with Crippen molar-refractivity contribution in [2.24, 2.45) is 52.3 Å². The van der Waals surface area contributed by atoms with Crippen LogP contribution in [0.3, 0.4) is 0 Å². The molecule has 36 heavy (non-hydrogen) atoms. The van der Waals surface area contributed by atoms with Crippen molar-refractivity contribution in [3.8, 4) is 5.75 Å². The second kappa shape index (κ2) is 10.3. The van der Waals surface area contributed by atoms with Gasteiger partial charge in [0.05, 0.1) is 12.1 Å². The summed E-state index contributed by atoms with van der Waals surface area (Å²) in [6.45, 7) is 12.5. The molecule has 4 aliphatic rings. The third-order valence-corrected chi connectivity index (χ3v) is 11.5. The third kappa shape index (κ3) is 4.69. The molecule has 0 spiro atoms. The molecule has 8 atom stereocenters. The number of aromatic nitrogens is 1. The van der Waals surface area contributed by atoms with Crippen molar-refractivity contribution in [2.45, 2.75) is 105 Å². The number of ether oxygens (including phenoxy) is 1. The van der Waals surface area contributed by atoms with Gasteiger partial charge in [-0.05, 0) is 110 Å². The van der Waals surface area contributed by atoms with Crippen LogP contribution in [0.4, 0.5) is 0 Å². The molecule has 0 aromatic carbocycles. The van der Waals surface area contributed by atoms with E-state index < -0.39 is 0 Å². The van der Waals surface area contributed by atoms with Crippen molar-refractivity contribution in [1.82, 2.24) is 4.98 Å². The highest BCUT2D eigenvalue weighted by Gasteiger charge is 2.59. The van der Waals surface area contributed by atoms with Gasteiger partial charge in [0.2, 0.25) is 0 Å². The average Bonchev–Trinajstić information content (AvgIpc) is 3.21. The van der Waals surface area contributed by atoms with Crippen LogP contribution in [0.1, 0.15) is 105 Å².